The second kappa shape index (κ2) is 7.50. The number of hydrogen-bond donors (Lipinski definition) is 3. The fourth-order valence-corrected chi connectivity index (χ4v) is 5.79. The van der Waals surface area contributed by atoms with E-state index in [2.05, 4.69) is 23.1 Å². The van der Waals surface area contributed by atoms with Crippen LogP contribution in [0.15, 0.2) is 29.2 Å². The molecular weight excluding hydrogens is 364 g/mol. The quantitative estimate of drug-likeness (QED) is 0.701. The van der Waals surface area contributed by atoms with Crippen molar-refractivity contribution >= 4 is 15.9 Å². The lowest BCUT2D eigenvalue weighted by Crippen LogP contribution is -2.48. The molecule has 1 aromatic rings. The van der Waals surface area contributed by atoms with Crippen LogP contribution in [0.2, 0.25) is 0 Å². The fraction of sp³-hybridized carbons (Fsp3) is 0.632. The zero-order valence-electron chi connectivity index (χ0n) is 15.6. The molecule has 2 saturated heterocycles. The number of carbonyl (C=O) groups is 1. The smallest absolute Gasteiger partial charge is 0.251 e. The van der Waals surface area contributed by atoms with Crippen LogP contribution in [-0.4, -0.2) is 49.8 Å². The highest BCUT2D eigenvalue weighted by molar-refractivity contribution is 7.89. The normalized spacial score (nSPS) is 29.1. The van der Waals surface area contributed by atoms with Gasteiger partial charge in [0, 0.05) is 42.7 Å². The number of carbonyl (C=O) groups excluding carboxylic acids is 1. The third-order valence-corrected chi connectivity index (χ3v) is 8.07. The summed E-state index contributed by atoms with van der Waals surface area (Å²) in [6, 6.07) is 7.26. The van der Waals surface area contributed by atoms with Gasteiger partial charge < -0.3 is 5.32 Å². The molecule has 0 bridgehead atoms. The molecule has 3 fully saturated rings. The minimum atomic E-state index is -3.61. The van der Waals surface area contributed by atoms with E-state index >= 15 is 0 Å². The zero-order chi connectivity index (χ0) is 19.0. The van der Waals surface area contributed by atoms with Crippen LogP contribution in [0.25, 0.3) is 0 Å². The van der Waals surface area contributed by atoms with E-state index in [9.17, 15) is 13.2 Å². The van der Waals surface area contributed by atoms with Gasteiger partial charge in [-0.25, -0.2) is 8.42 Å². The minimum absolute atomic E-state index is 0.189. The van der Waals surface area contributed by atoms with Gasteiger partial charge in [0.05, 0.1) is 4.90 Å². The van der Waals surface area contributed by atoms with Crippen LogP contribution in [0.5, 0.6) is 0 Å². The fourth-order valence-electron chi connectivity index (χ4n) is 4.25. The van der Waals surface area contributed by atoms with Crippen LogP contribution in [0.4, 0.5) is 0 Å². The summed E-state index contributed by atoms with van der Waals surface area (Å²) in [6.45, 7) is 3.11. The first kappa shape index (κ1) is 18.9. The number of sulfonamides is 1. The minimum Gasteiger partial charge on any atom is -0.349 e. The first-order chi connectivity index (χ1) is 13.0. The Morgan fingerprint density at radius 3 is 2.78 bits per heavy atom. The largest absolute Gasteiger partial charge is 0.349 e. The Hall–Kier alpha value is -1.48. The van der Waals surface area contributed by atoms with E-state index in [0.717, 1.165) is 32.1 Å². The number of hydrogen-bond acceptors (Lipinski definition) is 5. The number of amides is 1. The number of piperidine rings is 1. The molecule has 1 aliphatic carbocycles. The third kappa shape index (κ3) is 3.63. The van der Waals surface area contributed by atoms with Crippen LogP contribution >= 0.6 is 0 Å². The molecule has 0 spiro atoms. The van der Waals surface area contributed by atoms with Gasteiger partial charge in [-0.15, -0.1) is 0 Å². The summed E-state index contributed by atoms with van der Waals surface area (Å²) in [5, 5.41) is 2.97. The first-order valence-electron chi connectivity index (χ1n) is 9.91. The van der Waals surface area contributed by atoms with Crippen molar-refractivity contribution in [1.82, 2.24) is 20.5 Å². The molecule has 7 nitrogen and oxygen atoms in total. The van der Waals surface area contributed by atoms with Crippen LogP contribution < -0.4 is 16.2 Å². The van der Waals surface area contributed by atoms with Crippen molar-refractivity contribution in [3.63, 3.8) is 0 Å². The van der Waals surface area contributed by atoms with Crippen LogP contribution in [0.3, 0.4) is 0 Å². The van der Waals surface area contributed by atoms with Crippen molar-refractivity contribution < 1.29 is 13.2 Å². The topological polar surface area (TPSA) is 90.5 Å². The van der Waals surface area contributed by atoms with Crippen molar-refractivity contribution in [3.8, 4) is 0 Å². The van der Waals surface area contributed by atoms with Crippen molar-refractivity contribution in [1.29, 1.82) is 0 Å². The highest BCUT2D eigenvalue weighted by atomic mass is 32.2. The van der Waals surface area contributed by atoms with E-state index in [0.29, 0.717) is 24.7 Å². The van der Waals surface area contributed by atoms with Gasteiger partial charge in [0.1, 0.15) is 0 Å². The number of hydrazine groups is 1. The molecule has 4 rings (SSSR count). The van der Waals surface area contributed by atoms with Gasteiger partial charge in [0.25, 0.3) is 5.91 Å². The lowest BCUT2D eigenvalue weighted by Gasteiger charge is -2.35. The second-order valence-corrected chi connectivity index (χ2v) is 9.79. The predicted molar refractivity (Wildman–Crippen MR) is 103 cm³/mol. The molecule has 8 heteroatoms. The maximum absolute atomic E-state index is 13.2. The molecule has 1 saturated carbocycles. The third-order valence-electron chi connectivity index (χ3n) is 6.21. The van der Waals surface area contributed by atoms with Crippen molar-refractivity contribution in [3.05, 3.63) is 29.8 Å². The molecule has 2 heterocycles. The van der Waals surface area contributed by atoms with Gasteiger partial charge in [-0.1, -0.05) is 13.0 Å². The summed E-state index contributed by atoms with van der Waals surface area (Å²) in [4.78, 5) is 12.6. The molecule has 148 valence electrons. The van der Waals surface area contributed by atoms with E-state index in [1.165, 1.54) is 6.07 Å². The standard InChI is InChI=1S/C19H28N4O3S/c1-2-17-16-12-23(10-9-18(16)22-21-17)27(25,26)15-8-3-5-13(11-15)19(24)20-14-6-4-7-14/h3,5,8,11,14,16-18,21-22H,2,4,6-7,9-10,12H2,1H3,(H,20,24). The average molecular weight is 393 g/mol. The number of fused-ring (bicyclic) bond motifs is 1. The highest BCUT2D eigenvalue weighted by Crippen LogP contribution is 2.29. The number of nitrogens with one attached hydrogen (secondary N) is 3. The zero-order valence-corrected chi connectivity index (χ0v) is 16.5. The van der Waals surface area contributed by atoms with E-state index in [-0.39, 0.29) is 28.8 Å². The van der Waals surface area contributed by atoms with Gasteiger partial charge in [-0.2, -0.15) is 4.31 Å². The molecule has 2 aliphatic heterocycles. The summed E-state index contributed by atoms with van der Waals surface area (Å²) in [7, 11) is -3.61. The monoisotopic (exact) mass is 392 g/mol. The second-order valence-electron chi connectivity index (χ2n) is 7.85. The van der Waals surface area contributed by atoms with Gasteiger partial charge >= 0.3 is 0 Å². The molecule has 0 aromatic heterocycles. The molecule has 3 atom stereocenters. The molecule has 27 heavy (non-hydrogen) atoms. The van der Waals surface area contributed by atoms with Crippen molar-refractivity contribution in [2.24, 2.45) is 5.92 Å². The molecule has 1 amide bonds. The van der Waals surface area contributed by atoms with Crippen LogP contribution in [0, 0.1) is 5.92 Å². The van der Waals surface area contributed by atoms with Crippen LogP contribution in [0.1, 0.15) is 49.4 Å². The molecule has 0 radical (unpaired) electrons. The lowest BCUT2D eigenvalue weighted by molar-refractivity contribution is 0.0916. The Labute approximate surface area is 160 Å². The first-order valence-corrected chi connectivity index (χ1v) is 11.3. The van der Waals surface area contributed by atoms with E-state index in [4.69, 9.17) is 0 Å². The molecular formula is C19H28N4O3S. The summed E-state index contributed by atoms with van der Waals surface area (Å²) < 4.78 is 28.0. The Balaban J connectivity index is 1.51. The Kier molecular flexibility index (Phi) is 5.24. The van der Waals surface area contributed by atoms with E-state index in [1.807, 2.05) is 0 Å². The maximum Gasteiger partial charge on any atom is 0.251 e. The summed E-state index contributed by atoms with van der Waals surface area (Å²) in [6.07, 6.45) is 4.88. The SMILES string of the molecule is CCC1NNC2CCN(S(=O)(=O)c3cccc(C(=O)NC4CCC4)c3)CC12. The number of nitrogens with zero attached hydrogens (tertiary/aromatic N) is 1. The molecule has 3 aliphatic rings. The Morgan fingerprint density at radius 1 is 1.26 bits per heavy atom. The summed E-state index contributed by atoms with van der Waals surface area (Å²) in [5.74, 6) is 0.0781. The summed E-state index contributed by atoms with van der Waals surface area (Å²) >= 11 is 0. The highest BCUT2D eigenvalue weighted by Gasteiger charge is 2.42. The Morgan fingerprint density at radius 2 is 2.07 bits per heavy atom. The Bertz CT molecular complexity index is 803. The predicted octanol–water partition coefficient (Wildman–Crippen LogP) is 1.23. The maximum atomic E-state index is 13.2. The van der Waals surface area contributed by atoms with E-state index in [1.54, 1.807) is 22.5 Å². The van der Waals surface area contributed by atoms with E-state index < -0.39 is 10.0 Å². The van der Waals surface area contributed by atoms with Crippen molar-refractivity contribution in [2.45, 2.75) is 62.0 Å². The number of rotatable bonds is 5. The van der Waals surface area contributed by atoms with Gasteiger partial charge in [-0.3, -0.25) is 15.6 Å². The molecule has 3 N–H and O–H groups in total. The van der Waals surface area contributed by atoms with Crippen molar-refractivity contribution in [2.75, 3.05) is 13.1 Å². The van der Waals surface area contributed by atoms with Crippen LogP contribution in [-0.2, 0) is 10.0 Å². The average Bonchev–Trinajstić information content (AvgIpc) is 3.07. The van der Waals surface area contributed by atoms with Gasteiger partial charge in [0.15, 0.2) is 0 Å². The lowest BCUT2D eigenvalue weighted by atomic mass is 9.88. The van der Waals surface area contributed by atoms with Gasteiger partial charge in [0.2, 0.25) is 10.0 Å². The number of benzene rings is 1. The molecule has 3 unspecified atom stereocenters. The van der Waals surface area contributed by atoms with Gasteiger partial charge in [-0.05, 0) is 50.3 Å². The molecule has 1 aromatic carbocycles. The summed E-state index contributed by atoms with van der Waals surface area (Å²) in [5.41, 5.74) is 7.00.